The molecule has 0 aromatic heterocycles. The van der Waals surface area contributed by atoms with Gasteiger partial charge in [0.05, 0.1) is 0 Å². The Labute approximate surface area is 51.8 Å². The summed E-state index contributed by atoms with van der Waals surface area (Å²) in [5.41, 5.74) is -0.995. The van der Waals surface area contributed by atoms with Gasteiger partial charge in [-0.2, -0.15) is 0 Å². The van der Waals surface area contributed by atoms with E-state index in [0.29, 0.717) is 6.42 Å². The number of nitrogens with one attached hydrogen (secondary N) is 1. The van der Waals surface area contributed by atoms with Gasteiger partial charge >= 0.3 is 5.97 Å². The fourth-order valence-electron chi connectivity index (χ4n) is 1.32. The molecule has 3 aliphatic heterocycles. The largest absolute Gasteiger partial charge is 0.478 e. The van der Waals surface area contributed by atoms with Crippen LogP contribution in [0.4, 0.5) is 0 Å². The van der Waals surface area contributed by atoms with Gasteiger partial charge in [0.1, 0.15) is 6.23 Å². The van der Waals surface area contributed by atoms with Crippen molar-refractivity contribution < 1.29 is 14.6 Å². The minimum Gasteiger partial charge on any atom is -0.478 e. The standard InChI is InChI=1S/C5H7NO3/c7-4(8)5-2-1-3(6-5)9-5/h3,6H,1-2H2,(H,7,8). The van der Waals surface area contributed by atoms with Gasteiger partial charge in [-0.3, -0.25) is 5.32 Å². The van der Waals surface area contributed by atoms with Gasteiger partial charge in [-0.05, 0) is 6.42 Å². The van der Waals surface area contributed by atoms with Gasteiger partial charge in [0.2, 0.25) is 5.72 Å². The third-order valence-corrected chi connectivity index (χ3v) is 1.84. The van der Waals surface area contributed by atoms with Gasteiger partial charge in [-0.15, -0.1) is 0 Å². The number of rotatable bonds is 1. The van der Waals surface area contributed by atoms with Crippen molar-refractivity contribution in [1.82, 2.24) is 5.32 Å². The molecule has 9 heavy (non-hydrogen) atoms. The normalized spacial score (nSPS) is 46.4. The fraction of sp³-hybridized carbons (Fsp3) is 0.800. The monoisotopic (exact) mass is 129 g/mol. The van der Waals surface area contributed by atoms with Crippen molar-refractivity contribution in [3.63, 3.8) is 0 Å². The van der Waals surface area contributed by atoms with Crippen LogP contribution in [-0.4, -0.2) is 23.0 Å². The number of hydrogen-bond acceptors (Lipinski definition) is 3. The molecule has 0 spiro atoms. The lowest BCUT2D eigenvalue weighted by Crippen LogP contribution is -2.63. The van der Waals surface area contributed by atoms with Crippen LogP contribution in [0.25, 0.3) is 0 Å². The van der Waals surface area contributed by atoms with Crippen LogP contribution < -0.4 is 5.32 Å². The average Bonchev–Trinajstić information content (AvgIpc) is 2.13. The topological polar surface area (TPSA) is 58.6 Å². The molecule has 2 bridgehead atoms. The first-order chi connectivity index (χ1) is 4.23. The van der Waals surface area contributed by atoms with E-state index in [2.05, 4.69) is 5.32 Å². The van der Waals surface area contributed by atoms with Gasteiger partial charge in [-0.1, -0.05) is 0 Å². The maximum Gasteiger partial charge on any atom is 0.351 e. The van der Waals surface area contributed by atoms with Gasteiger partial charge in [0, 0.05) is 6.42 Å². The predicted molar refractivity (Wildman–Crippen MR) is 27.6 cm³/mol. The molecule has 0 saturated carbocycles. The second kappa shape index (κ2) is 1.27. The number of ether oxygens (including phenoxy) is 1. The molecular weight excluding hydrogens is 122 g/mol. The summed E-state index contributed by atoms with van der Waals surface area (Å²) < 4.78 is 4.99. The summed E-state index contributed by atoms with van der Waals surface area (Å²) in [5, 5.41) is 11.3. The zero-order valence-corrected chi connectivity index (χ0v) is 4.76. The van der Waals surface area contributed by atoms with Crippen molar-refractivity contribution in [2.24, 2.45) is 0 Å². The van der Waals surface area contributed by atoms with E-state index < -0.39 is 11.7 Å². The summed E-state index contributed by atoms with van der Waals surface area (Å²) in [6.45, 7) is 0. The number of carbonyl (C=O) groups is 1. The van der Waals surface area contributed by atoms with E-state index in [1.165, 1.54) is 0 Å². The summed E-state index contributed by atoms with van der Waals surface area (Å²) in [6.07, 6.45) is 1.44. The molecule has 50 valence electrons. The lowest BCUT2D eigenvalue weighted by Gasteiger charge is -2.35. The van der Waals surface area contributed by atoms with Crippen LogP contribution in [0, 0.1) is 0 Å². The molecule has 2 unspecified atom stereocenters. The number of hydrogen-bond donors (Lipinski definition) is 2. The van der Waals surface area contributed by atoms with E-state index in [9.17, 15) is 4.79 Å². The molecule has 0 aromatic rings. The second-order valence-corrected chi connectivity index (χ2v) is 2.42. The highest BCUT2D eigenvalue weighted by molar-refractivity contribution is 5.78. The molecule has 2 N–H and O–H groups in total. The first kappa shape index (κ1) is 5.20. The Kier molecular flexibility index (Phi) is 0.736. The van der Waals surface area contributed by atoms with Crippen LogP contribution in [-0.2, 0) is 9.53 Å². The quantitative estimate of drug-likeness (QED) is 0.501. The maximum absolute atomic E-state index is 10.4. The Morgan fingerprint density at radius 1 is 1.89 bits per heavy atom. The van der Waals surface area contributed by atoms with Crippen LogP contribution >= 0.6 is 0 Å². The van der Waals surface area contributed by atoms with Crippen molar-refractivity contribution in [1.29, 1.82) is 0 Å². The van der Waals surface area contributed by atoms with Crippen molar-refractivity contribution in [3.8, 4) is 0 Å². The molecule has 4 heteroatoms. The highest BCUT2D eigenvalue weighted by Gasteiger charge is 2.57. The molecule has 0 aliphatic carbocycles. The molecule has 3 heterocycles. The summed E-state index contributed by atoms with van der Waals surface area (Å²) >= 11 is 0. The van der Waals surface area contributed by atoms with Crippen LogP contribution in [0.5, 0.6) is 0 Å². The van der Waals surface area contributed by atoms with Crippen molar-refractivity contribution in [2.75, 3.05) is 0 Å². The molecule has 0 radical (unpaired) electrons. The molecule has 0 amide bonds. The zero-order chi connectivity index (χ0) is 6.48. The lowest BCUT2D eigenvalue weighted by atomic mass is 10.2. The number of fused-ring (bicyclic) bond motifs is 1. The first-order valence-corrected chi connectivity index (χ1v) is 2.92. The Hall–Kier alpha value is -0.610. The van der Waals surface area contributed by atoms with E-state index in [0.717, 1.165) is 6.42 Å². The number of aliphatic carboxylic acids is 1. The minimum absolute atomic E-state index is 0.0149. The minimum atomic E-state index is -0.995. The van der Waals surface area contributed by atoms with E-state index in [1.54, 1.807) is 0 Å². The Morgan fingerprint density at radius 2 is 2.56 bits per heavy atom. The summed E-state index contributed by atoms with van der Waals surface area (Å²) in [7, 11) is 0. The molecule has 2 atom stereocenters. The highest BCUT2D eigenvalue weighted by Crippen LogP contribution is 2.37. The van der Waals surface area contributed by atoms with E-state index >= 15 is 0 Å². The highest BCUT2D eigenvalue weighted by atomic mass is 16.6. The number of carboxylic acid groups (broad SMARTS) is 1. The van der Waals surface area contributed by atoms with Crippen LogP contribution in [0.15, 0.2) is 0 Å². The van der Waals surface area contributed by atoms with E-state index in [1.807, 2.05) is 0 Å². The Morgan fingerprint density at radius 3 is 2.78 bits per heavy atom. The summed E-state index contributed by atoms with van der Waals surface area (Å²) in [6, 6.07) is 0. The summed E-state index contributed by atoms with van der Waals surface area (Å²) in [5.74, 6) is -0.892. The summed E-state index contributed by atoms with van der Waals surface area (Å²) in [4.78, 5) is 10.4. The third-order valence-electron chi connectivity index (χ3n) is 1.84. The van der Waals surface area contributed by atoms with Gasteiger partial charge in [0.25, 0.3) is 0 Å². The molecule has 3 saturated heterocycles. The SMILES string of the molecule is O=C(O)C12CCC(N1)O2. The molecule has 0 aromatic carbocycles. The smallest absolute Gasteiger partial charge is 0.351 e. The van der Waals surface area contributed by atoms with Crippen LogP contribution in [0.2, 0.25) is 0 Å². The third kappa shape index (κ3) is 0.469. The fourth-order valence-corrected chi connectivity index (χ4v) is 1.32. The van der Waals surface area contributed by atoms with Crippen molar-refractivity contribution >= 4 is 5.97 Å². The van der Waals surface area contributed by atoms with Gasteiger partial charge < -0.3 is 9.84 Å². The Balaban J connectivity index is 2.19. The van der Waals surface area contributed by atoms with E-state index in [4.69, 9.17) is 9.84 Å². The van der Waals surface area contributed by atoms with Gasteiger partial charge in [-0.25, -0.2) is 4.79 Å². The maximum atomic E-state index is 10.4. The first-order valence-electron chi connectivity index (χ1n) is 2.92. The van der Waals surface area contributed by atoms with Crippen LogP contribution in [0.1, 0.15) is 12.8 Å². The molecule has 4 nitrogen and oxygen atoms in total. The molecule has 3 rings (SSSR count). The molecule has 3 aliphatic rings. The zero-order valence-electron chi connectivity index (χ0n) is 4.76. The lowest BCUT2D eigenvalue weighted by molar-refractivity contribution is -0.212. The Bertz CT molecular complexity index is 156. The number of carboxylic acids is 1. The van der Waals surface area contributed by atoms with Gasteiger partial charge in [0.15, 0.2) is 0 Å². The van der Waals surface area contributed by atoms with Crippen LogP contribution in [0.3, 0.4) is 0 Å². The predicted octanol–water partition coefficient (Wildman–Crippen LogP) is -0.493. The average molecular weight is 129 g/mol. The van der Waals surface area contributed by atoms with E-state index in [-0.39, 0.29) is 6.23 Å². The van der Waals surface area contributed by atoms with Crippen molar-refractivity contribution in [3.05, 3.63) is 0 Å². The second-order valence-electron chi connectivity index (χ2n) is 2.42. The van der Waals surface area contributed by atoms with Crippen molar-refractivity contribution in [2.45, 2.75) is 24.8 Å². The molecule has 3 fully saturated rings. The molecular formula is C5H7NO3.